The van der Waals surface area contributed by atoms with Crippen LogP contribution < -0.4 is 14.4 Å². The summed E-state index contributed by atoms with van der Waals surface area (Å²) in [5, 5.41) is 22.4. The Bertz CT molecular complexity index is 1790. The molecule has 0 unspecified atom stereocenters. The highest BCUT2D eigenvalue weighted by Crippen LogP contribution is 2.45. The first-order chi connectivity index (χ1) is 20.0. The third kappa shape index (κ3) is 4.83. The van der Waals surface area contributed by atoms with E-state index in [1.165, 1.54) is 54.5 Å². The number of fused-ring (bicyclic) bond motifs is 1. The van der Waals surface area contributed by atoms with Gasteiger partial charge in [-0.25, -0.2) is 0 Å². The summed E-state index contributed by atoms with van der Waals surface area (Å²) < 4.78 is 16.9. The number of aliphatic hydroxyl groups excluding tert-OH is 1. The highest BCUT2D eigenvalue weighted by Gasteiger charge is 2.49. The molecule has 1 aliphatic rings. The summed E-state index contributed by atoms with van der Waals surface area (Å²) in [6.45, 7) is 0. The molecule has 41 heavy (non-hydrogen) atoms. The van der Waals surface area contributed by atoms with E-state index in [9.17, 15) is 14.7 Å². The maximum Gasteiger partial charge on any atom is 0.302 e. The molecule has 3 aromatic carbocycles. The molecule has 6 rings (SSSR count). The van der Waals surface area contributed by atoms with Crippen molar-refractivity contribution in [1.29, 1.82) is 0 Å². The van der Waals surface area contributed by atoms with Gasteiger partial charge in [0, 0.05) is 11.3 Å². The minimum absolute atomic E-state index is 0.127. The Morgan fingerprint density at radius 2 is 1.80 bits per heavy atom. The van der Waals surface area contributed by atoms with Gasteiger partial charge in [-0.2, -0.15) is 0 Å². The van der Waals surface area contributed by atoms with Crippen molar-refractivity contribution in [2.75, 3.05) is 19.1 Å². The van der Waals surface area contributed by atoms with Crippen molar-refractivity contribution in [2.24, 2.45) is 0 Å². The Kier molecular flexibility index (Phi) is 7.21. The van der Waals surface area contributed by atoms with E-state index in [0.29, 0.717) is 27.4 Å². The molecule has 5 aromatic rings. The van der Waals surface area contributed by atoms with Gasteiger partial charge in [0.1, 0.15) is 17.6 Å². The summed E-state index contributed by atoms with van der Waals surface area (Å²) in [6, 6.07) is 21.3. The van der Waals surface area contributed by atoms with E-state index in [0.717, 1.165) is 16.3 Å². The average molecular weight is 586 g/mol. The molecule has 0 spiro atoms. The number of rotatable bonds is 8. The molecular formula is C30H23N3O6S2. The number of hydrogen-bond acceptors (Lipinski definition) is 10. The number of ether oxygens (including phenoxy) is 2. The van der Waals surface area contributed by atoms with E-state index in [1.54, 1.807) is 24.3 Å². The number of anilines is 1. The topological polar surface area (TPSA) is 115 Å². The molecule has 1 saturated heterocycles. The smallest absolute Gasteiger partial charge is 0.302 e. The lowest BCUT2D eigenvalue weighted by molar-refractivity contribution is -0.132. The Morgan fingerprint density at radius 3 is 2.59 bits per heavy atom. The van der Waals surface area contributed by atoms with Gasteiger partial charge in [-0.1, -0.05) is 65.6 Å². The van der Waals surface area contributed by atoms with Crippen molar-refractivity contribution in [3.8, 4) is 11.5 Å². The van der Waals surface area contributed by atoms with Crippen LogP contribution in [0, 0.1) is 0 Å². The number of hydrogen-bond donors (Lipinski definition) is 1. The second-order valence-corrected chi connectivity index (χ2v) is 11.2. The molecule has 9 nitrogen and oxygen atoms in total. The zero-order valence-electron chi connectivity index (χ0n) is 21.9. The molecule has 0 bridgehead atoms. The Hall–Kier alpha value is -4.61. The normalized spacial score (nSPS) is 16.4. The largest absolute Gasteiger partial charge is 0.507 e. The number of aliphatic hydroxyl groups is 1. The first kappa shape index (κ1) is 26.6. The maximum absolute atomic E-state index is 13.4. The number of methoxy groups -OCH3 is 2. The zero-order valence-corrected chi connectivity index (χ0v) is 23.6. The first-order valence-corrected chi connectivity index (χ1v) is 14.3. The Balaban J connectivity index is 1.35. The fourth-order valence-electron chi connectivity index (χ4n) is 4.80. The summed E-state index contributed by atoms with van der Waals surface area (Å²) in [7, 11) is 2.96. The van der Waals surface area contributed by atoms with Crippen LogP contribution in [-0.4, -0.2) is 41.2 Å². The van der Waals surface area contributed by atoms with E-state index in [4.69, 9.17) is 13.9 Å². The predicted octanol–water partition coefficient (Wildman–Crippen LogP) is 6.22. The molecule has 0 aliphatic carbocycles. The predicted molar refractivity (Wildman–Crippen MR) is 156 cm³/mol. The molecule has 1 N–H and O–H groups in total. The lowest BCUT2D eigenvalue weighted by Gasteiger charge is -2.20. The van der Waals surface area contributed by atoms with Gasteiger partial charge in [-0.3, -0.25) is 14.5 Å². The van der Waals surface area contributed by atoms with Crippen molar-refractivity contribution >= 4 is 56.5 Å². The highest BCUT2D eigenvalue weighted by molar-refractivity contribution is 8.00. The lowest BCUT2D eigenvalue weighted by Crippen LogP contribution is -2.29. The van der Waals surface area contributed by atoms with Gasteiger partial charge in [0.2, 0.25) is 5.13 Å². The molecule has 1 amide bonds. The van der Waals surface area contributed by atoms with E-state index in [2.05, 4.69) is 34.5 Å². The number of carbonyl (C=O) groups is 2. The van der Waals surface area contributed by atoms with Gasteiger partial charge in [0.05, 0.1) is 26.1 Å². The summed E-state index contributed by atoms with van der Waals surface area (Å²) in [5.41, 5.74) is 1.30. The fourth-order valence-corrected chi connectivity index (χ4v) is 6.67. The number of aromatic nitrogens is 2. The number of benzene rings is 3. The number of amides is 1. The highest BCUT2D eigenvalue weighted by atomic mass is 32.2. The standard InChI is InChI=1S/C30H23N3O6S2/c1-37-21-13-12-18(15-23(21)38-2)26(34)24-25(22-11-6-14-39-22)33(28(36)27(24)35)29-31-32-30(41-29)40-16-19-9-5-8-17-7-3-4-10-20(17)19/h3-15,25,34H,16H2,1-2H3/t25-/m0/s1. The van der Waals surface area contributed by atoms with Gasteiger partial charge < -0.3 is 19.0 Å². The number of nitrogens with zero attached hydrogens (tertiary/aromatic N) is 3. The maximum atomic E-state index is 13.4. The van der Waals surface area contributed by atoms with E-state index in [-0.39, 0.29) is 22.0 Å². The van der Waals surface area contributed by atoms with E-state index in [1.807, 2.05) is 18.2 Å². The van der Waals surface area contributed by atoms with Crippen molar-refractivity contribution in [3.05, 3.63) is 102 Å². The molecule has 1 atom stereocenters. The number of carbonyl (C=O) groups excluding carboxylic acids is 2. The minimum atomic E-state index is -1.04. The van der Waals surface area contributed by atoms with Gasteiger partial charge >= 0.3 is 5.91 Å². The van der Waals surface area contributed by atoms with E-state index >= 15 is 0 Å². The number of thioether (sulfide) groups is 1. The Morgan fingerprint density at radius 1 is 1.00 bits per heavy atom. The van der Waals surface area contributed by atoms with Crippen LogP contribution >= 0.6 is 23.1 Å². The molecule has 11 heteroatoms. The number of ketones is 1. The second kappa shape index (κ2) is 11.1. The molecule has 3 heterocycles. The third-order valence-electron chi connectivity index (χ3n) is 6.75. The van der Waals surface area contributed by atoms with Crippen molar-refractivity contribution in [3.63, 3.8) is 0 Å². The minimum Gasteiger partial charge on any atom is -0.507 e. The monoisotopic (exact) mass is 585 g/mol. The van der Waals surface area contributed by atoms with Crippen molar-refractivity contribution in [1.82, 2.24) is 10.2 Å². The van der Waals surface area contributed by atoms with Gasteiger partial charge in [-0.15, -0.1) is 10.2 Å². The molecular weight excluding hydrogens is 562 g/mol. The summed E-state index contributed by atoms with van der Waals surface area (Å²) in [6.07, 6.45) is 1.44. The summed E-state index contributed by atoms with van der Waals surface area (Å²) in [5.74, 6) is -0.314. The van der Waals surface area contributed by atoms with Gasteiger partial charge in [0.15, 0.2) is 15.8 Å². The van der Waals surface area contributed by atoms with Gasteiger partial charge in [-0.05, 0) is 46.7 Å². The molecule has 206 valence electrons. The molecule has 0 radical (unpaired) electrons. The van der Waals surface area contributed by atoms with Crippen LogP contribution in [0.4, 0.5) is 5.13 Å². The molecule has 1 fully saturated rings. The average Bonchev–Trinajstić information content (AvgIpc) is 3.76. The zero-order chi connectivity index (χ0) is 28.5. The number of furan rings is 1. The lowest BCUT2D eigenvalue weighted by atomic mass is 9.99. The van der Waals surface area contributed by atoms with Gasteiger partial charge in [0.25, 0.3) is 5.78 Å². The van der Waals surface area contributed by atoms with Crippen LogP contribution in [0.3, 0.4) is 0 Å². The SMILES string of the molecule is COc1ccc(C(O)=C2C(=O)C(=O)N(c3nnc(SCc4cccc5ccccc45)s3)[C@H]2c2ccco2)cc1OC. The van der Waals surface area contributed by atoms with Crippen LogP contribution in [0.5, 0.6) is 11.5 Å². The second-order valence-electron chi connectivity index (χ2n) is 9.03. The van der Waals surface area contributed by atoms with Crippen molar-refractivity contribution in [2.45, 2.75) is 16.1 Å². The van der Waals surface area contributed by atoms with Crippen LogP contribution in [0.1, 0.15) is 22.9 Å². The van der Waals surface area contributed by atoms with Crippen LogP contribution in [0.2, 0.25) is 0 Å². The number of Topliss-reactive ketones (excluding diaryl/α,β-unsaturated/α-hetero) is 1. The summed E-state index contributed by atoms with van der Waals surface area (Å²) in [4.78, 5) is 28.0. The fraction of sp³-hybridized carbons (Fsp3) is 0.133. The van der Waals surface area contributed by atoms with Crippen LogP contribution in [0.15, 0.2) is 93.4 Å². The molecule has 1 aliphatic heterocycles. The van der Waals surface area contributed by atoms with E-state index < -0.39 is 17.7 Å². The van der Waals surface area contributed by atoms with Crippen LogP contribution in [0.25, 0.3) is 16.5 Å². The third-order valence-corrected chi connectivity index (χ3v) is 8.85. The molecule has 2 aromatic heterocycles. The van der Waals surface area contributed by atoms with Crippen LogP contribution in [-0.2, 0) is 15.3 Å². The molecule has 0 saturated carbocycles. The first-order valence-electron chi connectivity index (χ1n) is 12.5. The summed E-state index contributed by atoms with van der Waals surface area (Å²) >= 11 is 2.69. The quantitative estimate of drug-likeness (QED) is 0.0745. The van der Waals surface area contributed by atoms with Crippen molar-refractivity contribution < 1.29 is 28.6 Å². The Labute approximate surface area is 243 Å².